The molecular weight excluding hydrogens is 425 g/mol. The van der Waals surface area contributed by atoms with Gasteiger partial charge < -0.3 is 14.8 Å². The number of hydrogen-bond donors (Lipinski definition) is 2. The summed E-state index contributed by atoms with van der Waals surface area (Å²) in [5, 5.41) is 2.19. The van der Waals surface area contributed by atoms with Crippen LogP contribution in [0.1, 0.15) is 22.3 Å². The van der Waals surface area contributed by atoms with E-state index in [0.29, 0.717) is 13.0 Å². The predicted molar refractivity (Wildman–Crippen MR) is 102 cm³/mol. The van der Waals surface area contributed by atoms with Crippen LogP contribution >= 0.6 is 0 Å². The lowest BCUT2D eigenvalue weighted by molar-refractivity contribution is -0.136. The number of sulfonamides is 1. The quantitative estimate of drug-likeness (QED) is 0.715. The first-order valence-corrected chi connectivity index (χ1v) is 10.4. The van der Waals surface area contributed by atoms with E-state index in [1.807, 2.05) is 0 Å². The third-order valence-corrected chi connectivity index (χ3v) is 5.98. The van der Waals surface area contributed by atoms with Crippen LogP contribution in [-0.4, -0.2) is 40.7 Å². The number of rotatable bonds is 6. The number of hydrogen-bond acceptors (Lipinski definition) is 5. The van der Waals surface area contributed by atoms with Crippen molar-refractivity contribution in [1.82, 2.24) is 4.72 Å². The molecule has 0 aliphatic carbocycles. The van der Waals surface area contributed by atoms with E-state index < -0.39 is 39.4 Å². The fourth-order valence-electron chi connectivity index (χ4n) is 2.98. The molecule has 1 amide bonds. The number of ether oxygens (including phenoxy) is 2. The summed E-state index contributed by atoms with van der Waals surface area (Å²) in [6, 6.07) is 7.66. The summed E-state index contributed by atoms with van der Waals surface area (Å²) in [6.45, 7) is 0.666. The Morgan fingerprint density at radius 1 is 1.20 bits per heavy atom. The second-order valence-electron chi connectivity index (χ2n) is 6.54. The lowest BCUT2D eigenvalue weighted by atomic mass is 10.1. The van der Waals surface area contributed by atoms with Gasteiger partial charge in [-0.2, -0.15) is 13.2 Å². The average Bonchev–Trinajstić information content (AvgIpc) is 3.19. The highest BCUT2D eigenvalue weighted by Gasteiger charge is 2.34. The molecule has 2 N–H and O–H groups in total. The van der Waals surface area contributed by atoms with E-state index in [1.165, 1.54) is 31.4 Å². The Bertz CT molecular complexity index is 1030. The largest absolute Gasteiger partial charge is 0.496 e. The van der Waals surface area contributed by atoms with E-state index >= 15 is 0 Å². The first kappa shape index (κ1) is 22.1. The Labute approximate surface area is 171 Å². The van der Waals surface area contributed by atoms with Gasteiger partial charge in [-0.25, -0.2) is 13.1 Å². The molecule has 30 heavy (non-hydrogen) atoms. The number of benzene rings is 2. The summed E-state index contributed by atoms with van der Waals surface area (Å²) in [4.78, 5) is 12.5. The summed E-state index contributed by atoms with van der Waals surface area (Å²) in [5.74, 6) is -0.926. The predicted octanol–water partition coefficient (Wildman–Crippen LogP) is 3.03. The Morgan fingerprint density at radius 3 is 2.57 bits per heavy atom. The molecule has 0 saturated carbocycles. The van der Waals surface area contributed by atoms with Gasteiger partial charge in [-0.1, -0.05) is 12.1 Å². The Hall–Kier alpha value is -2.63. The topological polar surface area (TPSA) is 93.7 Å². The molecule has 1 fully saturated rings. The van der Waals surface area contributed by atoms with E-state index in [0.717, 1.165) is 18.2 Å². The van der Waals surface area contributed by atoms with Crippen LogP contribution in [0.25, 0.3) is 0 Å². The van der Waals surface area contributed by atoms with Gasteiger partial charge in [-0.05, 0) is 36.8 Å². The third kappa shape index (κ3) is 4.91. The van der Waals surface area contributed by atoms with Gasteiger partial charge in [0.1, 0.15) is 5.75 Å². The van der Waals surface area contributed by atoms with Gasteiger partial charge in [0, 0.05) is 12.6 Å². The van der Waals surface area contributed by atoms with Crippen molar-refractivity contribution in [1.29, 1.82) is 0 Å². The molecule has 0 bridgehead atoms. The van der Waals surface area contributed by atoms with Crippen LogP contribution in [0, 0.1) is 0 Å². The maximum atomic E-state index is 13.2. The van der Waals surface area contributed by atoms with Gasteiger partial charge in [0.25, 0.3) is 5.91 Å². The summed E-state index contributed by atoms with van der Waals surface area (Å²) >= 11 is 0. The molecule has 1 heterocycles. The normalized spacial score (nSPS) is 17.0. The smallest absolute Gasteiger partial charge is 0.418 e. The molecule has 1 unspecified atom stereocenters. The number of alkyl halides is 3. The van der Waals surface area contributed by atoms with Crippen LogP contribution in [0.15, 0.2) is 47.4 Å². The highest BCUT2D eigenvalue weighted by molar-refractivity contribution is 7.89. The molecule has 2 aromatic rings. The fraction of sp³-hybridized carbons (Fsp3) is 0.316. The number of carbonyl (C=O) groups excluding carboxylic acids is 1. The van der Waals surface area contributed by atoms with Crippen molar-refractivity contribution >= 4 is 21.6 Å². The second-order valence-corrected chi connectivity index (χ2v) is 8.26. The van der Waals surface area contributed by atoms with Gasteiger partial charge in [-0.15, -0.1) is 0 Å². The molecular formula is C19H19F3N2O5S. The number of anilines is 1. The summed E-state index contributed by atoms with van der Waals surface area (Å²) < 4.78 is 77.5. The van der Waals surface area contributed by atoms with Crippen LogP contribution in [-0.2, 0) is 20.9 Å². The lowest BCUT2D eigenvalue weighted by Gasteiger charge is -2.16. The molecule has 7 nitrogen and oxygen atoms in total. The van der Waals surface area contributed by atoms with Crippen LogP contribution in [0.2, 0.25) is 0 Å². The van der Waals surface area contributed by atoms with Crippen molar-refractivity contribution < 1.29 is 35.9 Å². The first-order valence-electron chi connectivity index (χ1n) is 8.87. The SMILES string of the molecule is COc1ccc(S(=O)(=O)NC2CCOC2)cc1C(=O)Nc1ccccc1C(F)(F)F. The van der Waals surface area contributed by atoms with Gasteiger partial charge in [0.2, 0.25) is 10.0 Å². The van der Waals surface area contributed by atoms with Gasteiger partial charge in [0.15, 0.2) is 0 Å². The van der Waals surface area contributed by atoms with E-state index in [1.54, 1.807) is 0 Å². The van der Waals surface area contributed by atoms with Crippen LogP contribution < -0.4 is 14.8 Å². The molecule has 1 aliphatic heterocycles. The minimum atomic E-state index is -4.67. The molecule has 0 aromatic heterocycles. The van der Waals surface area contributed by atoms with Crippen molar-refractivity contribution in [3.05, 3.63) is 53.6 Å². The molecule has 2 aromatic carbocycles. The molecule has 0 radical (unpaired) electrons. The average molecular weight is 444 g/mol. The van der Waals surface area contributed by atoms with Gasteiger partial charge in [0.05, 0.1) is 35.4 Å². The maximum Gasteiger partial charge on any atom is 0.418 e. The molecule has 3 rings (SSSR count). The number of nitrogens with one attached hydrogen (secondary N) is 2. The fourth-order valence-corrected chi connectivity index (χ4v) is 4.26. The number of para-hydroxylation sites is 1. The molecule has 11 heteroatoms. The zero-order valence-electron chi connectivity index (χ0n) is 15.8. The minimum absolute atomic E-state index is 0.0140. The third-order valence-electron chi connectivity index (χ3n) is 4.46. The first-order chi connectivity index (χ1) is 14.1. The summed E-state index contributed by atoms with van der Waals surface area (Å²) in [7, 11) is -2.71. The van der Waals surface area contributed by atoms with E-state index in [-0.39, 0.29) is 22.8 Å². The number of amides is 1. The van der Waals surface area contributed by atoms with E-state index in [2.05, 4.69) is 10.0 Å². The van der Waals surface area contributed by atoms with E-state index in [4.69, 9.17) is 9.47 Å². The number of methoxy groups -OCH3 is 1. The number of carbonyl (C=O) groups is 1. The molecule has 1 aliphatic rings. The maximum absolute atomic E-state index is 13.2. The van der Waals surface area contributed by atoms with Crippen molar-refractivity contribution in [3.8, 4) is 5.75 Å². The van der Waals surface area contributed by atoms with Gasteiger partial charge in [-0.3, -0.25) is 4.79 Å². The highest BCUT2D eigenvalue weighted by Crippen LogP contribution is 2.35. The summed E-state index contributed by atoms with van der Waals surface area (Å²) in [5.41, 5.74) is -1.70. The standard InChI is InChI=1S/C19H19F3N2O5S/c1-28-17-7-6-13(30(26,27)24-12-8-9-29-11-12)10-14(17)18(25)23-16-5-3-2-4-15(16)19(20,21)22/h2-7,10,12,24H,8-9,11H2,1H3,(H,23,25). The molecule has 162 valence electrons. The van der Waals surface area contributed by atoms with Crippen LogP contribution in [0.4, 0.5) is 18.9 Å². The molecule has 1 saturated heterocycles. The van der Waals surface area contributed by atoms with Crippen LogP contribution in [0.3, 0.4) is 0 Å². The lowest BCUT2D eigenvalue weighted by Crippen LogP contribution is -2.35. The summed E-state index contributed by atoms with van der Waals surface area (Å²) in [6.07, 6.45) is -4.16. The van der Waals surface area contributed by atoms with Crippen molar-refractivity contribution in [3.63, 3.8) is 0 Å². The Morgan fingerprint density at radius 2 is 1.93 bits per heavy atom. The minimum Gasteiger partial charge on any atom is -0.496 e. The van der Waals surface area contributed by atoms with Crippen LogP contribution in [0.5, 0.6) is 5.75 Å². The monoisotopic (exact) mass is 444 g/mol. The zero-order valence-corrected chi connectivity index (χ0v) is 16.6. The van der Waals surface area contributed by atoms with Crippen molar-refractivity contribution in [2.24, 2.45) is 0 Å². The molecule has 0 spiro atoms. The second kappa shape index (κ2) is 8.62. The Balaban J connectivity index is 1.92. The number of halogens is 3. The van der Waals surface area contributed by atoms with Crippen molar-refractivity contribution in [2.75, 3.05) is 25.6 Å². The molecule has 1 atom stereocenters. The van der Waals surface area contributed by atoms with E-state index in [9.17, 15) is 26.4 Å². The van der Waals surface area contributed by atoms with Crippen molar-refractivity contribution in [2.45, 2.75) is 23.5 Å². The van der Waals surface area contributed by atoms with Gasteiger partial charge >= 0.3 is 6.18 Å². The zero-order chi connectivity index (χ0) is 21.9. The Kier molecular flexibility index (Phi) is 6.34. The highest BCUT2D eigenvalue weighted by atomic mass is 32.2.